The van der Waals surface area contributed by atoms with Crippen LogP contribution in [0.25, 0.3) is 0 Å². The van der Waals surface area contributed by atoms with Crippen LogP contribution in [-0.4, -0.2) is 6.67 Å². The molecule has 0 radical (unpaired) electrons. The van der Waals surface area contributed by atoms with Gasteiger partial charge in [-0.1, -0.05) is 23.2 Å². The van der Waals surface area contributed by atoms with E-state index in [1.165, 1.54) is 12.1 Å². The van der Waals surface area contributed by atoms with E-state index in [0.29, 0.717) is 0 Å². The van der Waals surface area contributed by atoms with Gasteiger partial charge in [0.15, 0.2) is 0 Å². The van der Waals surface area contributed by atoms with Gasteiger partial charge in [-0.25, -0.2) is 4.39 Å². The fourth-order valence-corrected chi connectivity index (χ4v) is 1.60. The summed E-state index contributed by atoms with van der Waals surface area (Å²) in [6.07, 6.45) is 0.0248. The summed E-state index contributed by atoms with van der Waals surface area (Å²) in [6.45, 7) is -0.622. The minimum atomic E-state index is -0.758. The molecule has 14 heavy (non-hydrogen) atoms. The Morgan fingerprint density at radius 3 is 2.57 bits per heavy atom. The van der Waals surface area contributed by atoms with Crippen LogP contribution in [0.1, 0.15) is 18.0 Å². The molecule has 0 bridgehead atoms. The van der Waals surface area contributed by atoms with Crippen molar-refractivity contribution >= 4 is 23.2 Å². The van der Waals surface area contributed by atoms with Crippen LogP contribution >= 0.6 is 23.2 Å². The Morgan fingerprint density at radius 1 is 1.36 bits per heavy atom. The lowest BCUT2D eigenvalue weighted by Gasteiger charge is -2.13. The Labute approximate surface area is 90.8 Å². The van der Waals surface area contributed by atoms with Gasteiger partial charge in [-0.15, -0.1) is 0 Å². The van der Waals surface area contributed by atoms with Gasteiger partial charge in [0.2, 0.25) is 0 Å². The first-order valence-corrected chi connectivity index (χ1v) is 4.78. The second-order valence-corrected chi connectivity index (χ2v) is 3.63. The SMILES string of the molecule is N[C@H](CCF)c1c(F)ccc(Cl)c1Cl. The molecule has 1 aromatic carbocycles. The maximum atomic E-state index is 13.3. The summed E-state index contributed by atoms with van der Waals surface area (Å²) in [5.41, 5.74) is 5.63. The highest BCUT2D eigenvalue weighted by molar-refractivity contribution is 6.42. The monoisotopic (exact) mass is 239 g/mol. The highest BCUT2D eigenvalue weighted by atomic mass is 35.5. The van der Waals surface area contributed by atoms with E-state index in [-0.39, 0.29) is 22.0 Å². The summed E-state index contributed by atoms with van der Waals surface area (Å²) in [6, 6.07) is 1.75. The number of alkyl halides is 1. The lowest BCUT2D eigenvalue weighted by Crippen LogP contribution is -2.13. The third-order valence-electron chi connectivity index (χ3n) is 1.87. The van der Waals surface area contributed by atoms with E-state index >= 15 is 0 Å². The summed E-state index contributed by atoms with van der Waals surface area (Å²) in [5.74, 6) is -0.555. The van der Waals surface area contributed by atoms with Gasteiger partial charge in [-0.2, -0.15) is 0 Å². The molecule has 0 fully saturated rings. The molecule has 0 saturated heterocycles. The Hall–Kier alpha value is -0.380. The molecule has 0 aliphatic rings. The molecule has 1 aromatic rings. The molecule has 1 rings (SSSR count). The van der Waals surface area contributed by atoms with Gasteiger partial charge in [0, 0.05) is 11.6 Å². The topological polar surface area (TPSA) is 26.0 Å². The number of benzene rings is 1. The van der Waals surface area contributed by atoms with Crippen LogP contribution in [0.15, 0.2) is 12.1 Å². The quantitative estimate of drug-likeness (QED) is 0.804. The average molecular weight is 240 g/mol. The molecule has 1 atom stereocenters. The second-order valence-electron chi connectivity index (χ2n) is 2.84. The smallest absolute Gasteiger partial charge is 0.129 e. The fourth-order valence-electron chi connectivity index (χ4n) is 1.14. The van der Waals surface area contributed by atoms with Gasteiger partial charge in [0.05, 0.1) is 16.7 Å². The Morgan fingerprint density at radius 2 is 2.00 bits per heavy atom. The normalized spacial score (nSPS) is 12.9. The number of halogens is 4. The standard InChI is InChI=1S/C9H9Cl2F2N/c10-5-1-2-6(13)8(9(5)11)7(14)3-4-12/h1-2,7H,3-4,14H2/t7-/m1/s1. The van der Waals surface area contributed by atoms with Crippen LogP contribution < -0.4 is 5.73 Å². The first-order valence-electron chi connectivity index (χ1n) is 4.03. The molecule has 0 heterocycles. The van der Waals surface area contributed by atoms with Gasteiger partial charge in [-0.3, -0.25) is 4.39 Å². The summed E-state index contributed by atoms with van der Waals surface area (Å²) in [7, 11) is 0. The average Bonchev–Trinajstić information content (AvgIpc) is 2.13. The summed E-state index contributed by atoms with van der Waals surface area (Å²) < 4.78 is 25.3. The predicted octanol–water partition coefficient (Wildman–Crippen LogP) is 3.49. The lowest BCUT2D eigenvalue weighted by molar-refractivity contribution is 0.435. The third kappa shape index (κ3) is 2.35. The van der Waals surface area contributed by atoms with Crippen molar-refractivity contribution in [3.8, 4) is 0 Å². The molecule has 2 N–H and O–H groups in total. The highest BCUT2D eigenvalue weighted by Gasteiger charge is 2.17. The molecule has 1 nitrogen and oxygen atoms in total. The van der Waals surface area contributed by atoms with Gasteiger partial charge >= 0.3 is 0 Å². The van der Waals surface area contributed by atoms with Crippen molar-refractivity contribution in [3.05, 3.63) is 33.6 Å². The first kappa shape index (κ1) is 11.7. The second kappa shape index (κ2) is 4.91. The number of hydrogen-bond donors (Lipinski definition) is 1. The van der Waals surface area contributed by atoms with E-state index in [1.54, 1.807) is 0 Å². The minimum Gasteiger partial charge on any atom is -0.324 e. The van der Waals surface area contributed by atoms with Gasteiger partial charge in [0.1, 0.15) is 5.82 Å². The fraction of sp³-hybridized carbons (Fsp3) is 0.333. The largest absolute Gasteiger partial charge is 0.324 e. The maximum absolute atomic E-state index is 13.3. The van der Waals surface area contributed by atoms with E-state index in [0.717, 1.165) is 0 Å². The van der Waals surface area contributed by atoms with Gasteiger partial charge in [0.25, 0.3) is 0 Å². The highest BCUT2D eigenvalue weighted by Crippen LogP contribution is 2.32. The summed E-state index contributed by atoms with van der Waals surface area (Å²) in [4.78, 5) is 0. The van der Waals surface area contributed by atoms with E-state index in [2.05, 4.69) is 0 Å². The van der Waals surface area contributed by atoms with E-state index < -0.39 is 18.5 Å². The maximum Gasteiger partial charge on any atom is 0.129 e. The first-order chi connectivity index (χ1) is 6.57. The van der Waals surface area contributed by atoms with E-state index in [4.69, 9.17) is 28.9 Å². The van der Waals surface area contributed by atoms with Crippen molar-refractivity contribution in [1.82, 2.24) is 0 Å². The zero-order valence-electron chi connectivity index (χ0n) is 7.24. The van der Waals surface area contributed by atoms with Crippen LogP contribution in [0.2, 0.25) is 10.0 Å². The van der Waals surface area contributed by atoms with Gasteiger partial charge < -0.3 is 5.73 Å². The lowest BCUT2D eigenvalue weighted by atomic mass is 10.0. The number of nitrogens with two attached hydrogens (primary N) is 1. The molecular weight excluding hydrogens is 231 g/mol. The molecule has 0 unspecified atom stereocenters. The molecule has 0 aliphatic carbocycles. The Kier molecular flexibility index (Phi) is 4.11. The van der Waals surface area contributed by atoms with Gasteiger partial charge in [-0.05, 0) is 18.6 Å². The molecule has 0 spiro atoms. The van der Waals surface area contributed by atoms with E-state index in [1.807, 2.05) is 0 Å². The molecule has 0 aliphatic heterocycles. The molecule has 0 aromatic heterocycles. The molecule has 78 valence electrons. The van der Waals surface area contributed by atoms with Crippen LogP contribution in [0.3, 0.4) is 0 Å². The number of hydrogen-bond acceptors (Lipinski definition) is 1. The molecule has 0 saturated carbocycles. The number of rotatable bonds is 3. The van der Waals surface area contributed by atoms with Crippen LogP contribution in [0.5, 0.6) is 0 Å². The minimum absolute atomic E-state index is 0.0248. The van der Waals surface area contributed by atoms with Crippen molar-refractivity contribution in [1.29, 1.82) is 0 Å². The van der Waals surface area contributed by atoms with Crippen molar-refractivity contribution < 1.29 is 8.78 Å². The summed E-state index contributed by atoms with van der Waals surface area (Å²) in [5, 5.41) is 0.282. The summed E-state index contributed by atoms with van der Waals surface area (Å²) >= 11 is 11.4. The van der Waals surface area contributed by atoms with Crippen molar-refractivity contribution in [2.24, 2.45) is 5.73 Å². The Bertz CT molecular complexity index is 331. The zero-order valence-corrected chi connectivity index (χ0v) is 8.75. The molecule has 0 amide bonds. The van der Waals surface area contributed by atoms with E-state index in [9.17, 15) is 8.78 Å². The third-order valence-corrected chi connectivity index (χ3v) is 2.69. The van der Waals surface area contributed by atoms with Crippen LogP contribution in [0, 0.1) is 5.82 Å². The van der Waals surface area contributed by atoms with Crippen LogP contribution in [-0.2, 0) is 0 Å². The predicted molar refractivity (Wildman–Crippen MR) is 53.9 cm³/mol. The molecule has 5 heteroatoms. The van der Waals surface area contributed by atoms with Crippen molar-refractivity contribution in [2.45, 2.75) is 12.5 Å². The zero-order chi connectivity index (χ0) is 10.7. The Balaban J connectivity index is 3.11. The van der Waals surface area contributed by atoms with Crippen LogP contribution in [0.4, 0.5) is 8.78 Å². The van der Waals surface area contributed by atoms with Crippen molar-refractivity contribution in [3.63, 3.8) is 0 Å². The molecular formula is C9H9Cl2F2N. The van der Waals surface area contributed by atoms with Crippen molar-refractivity contribution in [2.75, 3.05) is 6.67 Å².